The van der Waals surface area contributed by atoms with Crippen LogP contribution in [0.15, 0.2) is 30.3 Å². The van der Waals surface area contributed by atoms with E-state index in [1.165, 1.54) is 4.90 Å². The summed E-state index contributed by atoms with van der Waals surface area (Å²) in [4.78, 5) is 27.4. The fourth-order valence-electron chi connectivity index (χ4n) is 3.33. The zero-order chi connectivity index (χ0) is 23.8. The first kappa shape index (κ1) is 26.0. The molecule has 0 spiro atoms. The minimum Gasteiger partial charge on any atom is -0.483 e. The third kappa shape index (κ3) is 7.14. The van der Waals surface area contributed by atoms with Gasteiger partial charge in [0.25, 0.3) is 5.91 Å². The van der Waals surface area contributed by atoms with Gasteiger partial charge < -0.3 is 15.0 Å². The number of carbonyl (C=O) groups is 2. The van der Waals surface area contributed by atoms with Gasteiger partial charge in [-0.05, 0) is 74.6 Å². The number of aryl methyl sites for hydroxylation is 2. The van der Waals surface area contributed by atoms with Crippen molar-refractivity contribution in [2.45, 2.75) is 60.0 Å². The van der Waals surface area contributed by atoms with Crippen LogP contribution in [0.5, 0.6) is 5.75 Å². The van der Waals surface area contributed by atoms with E-state index < -0.39 is 6.04 Å². The fourth-order valence-corrected chi connectivity index (χ4v) is 3.79. The molecule has 0 aromatic heterocycles. The van der Waals surface area contributed by atoms with E-state index in [1.807, 2.05) is 26.8 Å². The first-order chi connectivity index (χ1) is 15.1. The molecule has 174 valence electrons. The van der Waals surface area contributed by atoms with Crippen LogP contribution in [0.3, 0.4) is 0 Å². The van der Waals surface area contributed by atoms with Gasteiger partial charge in [0, 0.05) is 23.1 Å². The van der Waals surface area contributed by atoms with Crippen molar-refractivity contribution in [3.05, 3.63) is 62.6 Å². The van der Waals surface area contributed by atoms with Crippen LogP contribution in [0.1, 0.15) is 48.9 Å². The predicted molar refractivity (Wildman–Crippen MR) is 131 cm³/mol. The minimum atomic E-state index is -0.685. The molecule has 5 nitrogen and oxygen atoms in total. The molecule has 2 amide bonds. The van der Waals surface area contributed by atoms with Gasteiger partial charge in [-0.3, -0.25) is 9.59 Å². The highest BCUT2D eigenvalue weighted by atomic mass is 35.5. The van der Waals surface area contributed by atoms with E-state index in [0.717, 1.165) is 29.5 Å². The van der Waals surface area contributed by atoms with Crippen LogP contribution in [-0.4, -0.2) is 35.9 Å². The Hall–Kier alpha value is -2.24. The highest BCUT2D eigenvalue weighted by molar-refractivity contribution is 6.35. The predicted octanol–water partition coefficient (Wildman–Crippen LogP) is 5.63. The Morgan fingerprint density at radius 2 is 1.84 bits per heavy atom. The second-order valence-electron chi connectivity index (χ2n) is 8.07. The molecule has 0 saturated heterocycles. The van der Waals surface area contributed by atoms with Crippen molar-refractivity contribution in [1.82, 2.24) is 10.2 Å². The van der Waals surface area contributed by atoms with Gasteiger partial charge in [0.2, 0.25) is 5.91 Å². The van der Waals surface area contributed by atoms with E-state index in [9.17, 15) is 9.59 Å². The van der Waals surface area contributed by atoms with Crippen molar-refractivity contribution in [2.75, 3.05) is 13.2 Å². The van der Waals surface area contributed by atoms with Gasteiger partial charge in [-0.25, -0.2) is 0 Å². The fraction of sp³-hybridized carbons (Fsp3) is 0.440. The van der Waals surface area contributed by atoms with E-state index in [1.54, 1.807) is 25.1 Å². The Labute approximate surface area is 201 Å². The zero-order valence-electron chi connectivity index (χ0n) is 19.4. The number of halogens is 2. The maximum Gasteiger partial charge on any atom is 0.261 e. The van der Waals surface area contributed by atoms with Crippen LogP contribution in [0.2, 0.25) is 10.0 Å². The van der Waals surface area contributed by atoms with E-state index >= 15 is 0 Å². The molecule has 7 heteroatoms. The summed E-state index contributed by atoms with van der Waals surface area (Å²) >= 11 is 12.3. The smallest absolute Gasteiger partial charge is 0.261 e. The van der Waals surface area contributed by atoms with Gasteiger partial charge in [-0.15, -0.1) is 0 Å². The number of nitrogens with one attached hydrogen (secondary N) is 1. The molecule has 32 heavy (non-hydrogen) atoms. The molecular formula is C25H32Cl2N2O3. The molecule has 2 aromatic rings. The van der Waals surface area contributed by atoms with Crippen molar-refractivity contribution in [3.63, 3.8) is 0 Å². The number of benzene rings is 2. The molecule has 0 aliphatic heterocycles. The Morgan fingerprint density at radius 3 is 2.50 bits per heavy atom. The summed E-state index contributed by atoms with van der Waals surface area (Å²) in [5.41, 5.74) is 3.85. The van der Waals surface area contributed by atoms with Crippen LogP contribution >= 0.6 is 23.2 Å². The second kappa shape index (κ2) is 12.1. The third-order valence-electron chi connectivity index (χ3n) is 5.47. The molecule has 0 bridgehead atoms. The Morgan fingerprint density at radius 1 is 1.12 bits per heavy atom. The van der Waals surface area contributed by atoms with Crippen molar-refractivity contribution < 1.29 is 14.3 Å². The van der Waals surface area contributed by atoms with Crippen LogP contribution in [-0.2, 0) is 16.1 Å². The summed E-state index contributed by atoms with van der Waals surface area (Å²) in [6, 6.07) is 8.41. The summed E-state index contributed by atoms with van der Waals surface area (Å²) in [5, 5.41) is 3.85. The number of hydrogen-bond donors (Lipinski definition) is 1. The topological polar surface area (TPSA) is 58.6 Å². The number of carbonyl (C=O) groups excluding carboxylic acids is 2. The number of nitrogens with zero attached hydrogens (tertiary/aromatic N) is 1. The molecule has 0 aliphatic carbocycles. The summed E-state index contributed by atoms with van der Waals surface area (Å²) < 4.78 is 5.88. The quantitative estimate of drug-likeness (QED) is 0.450. The molecular weight excluding hydrogens is 447 g/mol. The summed E-state index contributed by atoms with van der Waals surface area (Å²) in [6.07, 6.45) is 1.85. The normalized spacial score (nSPS) is 11.7. The molecule has 1 atom stereocenters. The van der Waals surface area contributed by atoms with E-state index in [4.69, 9.17) is 27.9 Å². The SMILES string of the molecule is CCCCNC(=O)C(C)N(Cc1ccc(Cl)cc1Cl)C(=O)COc1cc(C)cc(C)c1C. The molecule has 0 aliphatic rings. The van der Waals surface area contributed by atoms with Gasteiger partial charge in [0.05, 0.1) is 0 Å². The Balaban J connectivity index is 2.22. The molecule has 0 fully saturated rings. The second-order valence-corrected chi connectivity index (χ2v) is 8.92. The maximum absolute atomic E-state index is 13.2. The highest BCUT2D eigenvalue weighted by Crippen LogP contribution is 2.25. The van der Waals surface area contributed by atoms with Gasteiger partial charge in [-0.2, -0.15) is 0 Å². The number of amides is 2. The van der Waals surface area contributed by atoms with Crippen molar-refractivity contribution in [3.8, 4) is 5.75 Å². The molecule has 0 radical (unpaired) electrons. The average molecular weight is 479 g/mol. The molecule has 1 unspecified atom stereocenters. The number of rotatable bonds is 10. The Kier molecular flexibility index (Phi) is 9.85. The monoisotopic (exact) mass is 478 g/mol. The van der Waals surface area contributed by atoms with Gasteiger partial charge >= 0.3 is 0 Å². The molecule has 0 heterocycles. The third-order valence-corrected chi connectivity index (χ3v) is 6.05. The van der Waals surface area contributed by atoms with Crippen LogP contribution in [0.25, 0.3) is 0 Å². The van der Waals surface area contributed by atoms with Crippen LogP contribution in [0, 0.1) is 20.8 Å². The lowest BCUT2D eigenvalue weighted by Gasteiger charge is -2.29. The van der Waals surface area contributed by atoms with E-state index in [2.05, 4.69) is 18.3 Å². The summed E-state index contributed by atoms with van der Waals surface area (Å²) in [5.74, 6) is 0.160. The molecule has 0 saturated carbocycles. The first-order valence-electron chi connectivity index (χ1n) is 10.9. The number of ether oxygens (including phenoxy) is 1. The van der Waals surface area contributed by atoms with E-state index in [-0.39, 0.29) is 25.0 Å². The van der Waals surface area contributed by atoms with Crippen LogP contribution < -0.4 is 10.1 Å². The van der Waals surface area contributed by atoms with Crippen molar-refractivity contribution >= 4 is 35.0 Å². The first-order valence-corrected chi connectivity index (χ1v) is 11.6. The van der Waals surface area contributed by atoms with Gasteiger partial charge in [0.15, 0.2) is 6.61 Å². The Bertz CT molecular complexity index is 962. The molecule has 2 aromatic carbocycles. The number of unbranched alkanes of at least 4 members (excludes halogenated alkanes) is 1. The lowest BCUT2D eigenvalue weighted by Crippen LogP contribution is -2.49. The zero-order valence-corrected chi connectivity index (χ0v) is 20.9. The standard InChI is InChI=1S/C25H32Cl2N2O3/c1-6-7-10-28-25(31)19(5)29(14-20-8-9-21(26)13-22(20)27)24(30)15-32-23-12-16(2)11-17(3)18(23)4/h8-9,11-13,19H,6-7,10,14-15H2,1-5H3,(H,28,31). The largest absolute Gasteiger partial charge is 0.483 e. The maximum atomic E-state index is 13.2. The molecule has 2 rings (SSSR count). The average Bonchev–Trinajstić information content (AvgIpc) is 2.74. The highest BCUT2D eigenvalue weighted by Gasteiger charge is 2.27. The van der Waals surface area contributed by atoms with Crippen LogP contribution in [0.4, 0.5) is 0 Å². The van der Waals surface area contributed by atoms with Gasteiger partial charge in [-0.1, -0.05) is 48.7 Å². The lowest BCUT2D eigenvalue weighted by atomic mass is 10.1. The summed E-state index contributed by atoms with van der Waals surface area (Å²) in [7, 11) is 0. The van der Waals surface area contributed by atoms with Crippen molar-refractivity contribution in [2.24, 2.45) is 0 Å². The number of hydrogen-bond acceptors (Lipinski definition) is 3. The minimum absolute atomic E-state index is 0.173. The summed E-state index contributed by atoms with van der Waals surface area (Å²) in [6.45, 7) is 10.3. The van der Waals surface area contributed by atoms with Gasteiger partial charge in [0.1, 0.15) is 11.8 Å². The lowest BCUT2D eigenvalue weighted by molar-refractivity contribution is -0.142. The molecule has 1 N–H and O–H groups in total. The van der Waals surface area contributed by atoms with Crippen molar-refractivity contribution in [1.29, 1.82) is 0 Å². The van der Waals surface area contributed by atoms with E-state index in [0.29, 0.717) is 27.9 Å².